The molecule has 1 fully saturated rings. The Morgan fingerprint density at radius 3 is 1.92 bits per heavy atom. The van der Waals surface area contributed by atoms with Crippen LogP contribution in [0.4, 0.5) is 0 Å². The number of H-pyrrole nitrogens is 1. The highest BCUT2D eigenvalue weighted by Crippen LogP contribution is 2.58. The highest BCUT2D eigenvalue weighted by atomic mass is 32.1. The summed E-state index contributed by atoms with van der Waals surface area (Å²) in [6, 6.07) is 1.58. The number of rotatable bonds is 10. The summed E-state index contributed by atoms with van der Waals surface area (Å²) >= 11 is 4.94. The molecule has 0 spiro atoms. The van der Waals surface area contributed by atoms with Gasteiger partial charge in [-0.05, 0) is 60.5 Å². The van der Waals surface area contributed by atoms with Crippen molar-refractivity contribution < 1.29 is 52.5 Å². The standard InChI is InChI=1S/C21H33N2O10PS.2CH4O/c1-20(2,3)17(24)28-12-31-34(27,32-13-29-18(25)21(4,5)6)30-11-14-7-8-16(33-14)23-10-9-15(35)22-19(23)26;2*1-2/h9-10,14,16,27H,7-8,11-13H2,1-6H3;2*2H,1H3/p+1. The van der Waals surface area contributed by atoms with E-state index in [4.69, 9.17) is 50.2 Å². The molecule has 1 aromatic rings. The van der Waals surface area contributed by atoms with Crippen molar-refractivity contribution in [3.63, 3.8) is 0 Å². The third-order valence-corrected chi connectivity index (χ3v) is 6.28. The normalized spacial score (nSPS) is 17.3. The number of hydrogen-bond donors (Lipinski definition) is 4. The van der Waals surface area contributed by atoms with Crippen molar-refractivity contribution in [3.05, 3.63) is 27.4 Å². The summed E-state index contributed by atoms with van der Waals surface area (Å²) in [6.07, 6.45) is 1.53. The first kappa shape index (κ1) is 37.2. The van der Waals surface area contributed by atoms with Gasteiger partial charge in [0.15, 0.2) is 0 Å². The van der Waals surface area contributed by atoms with Gasteiger partial charge in [-0.2, -0.15) is 9.42 Å². The number of hydrogen-bond acceptors (Lipinski definition) is 13. The lowest BCUT2D eigenvalue weighted by Crippen LogP contribution is -2.28. The maximum atomic E-state index is 12.1. The molecule has 2 unspecified atom stereocenters. The van der Waals surface area contributed by atoms with Crippen LogP contribution in [-0.4, -0.2) is 77.1 Å². The van der Waals surface area contributed by atoms with E-state index in [-0.39, 0.29) is 6.61 Å². The van der Waals surface area contributed by atoms with Crippen LogP contribution >= 0.6 is 20.4 Å². The zero-order chi connectivity index (χ0) is 30.4. The first-order chi connectivity index (χ1) is 18.1. The van der Waals surface area contributed by atoms with E-state index in [9.17, 15) is 19.3 Å². The number of nitrogens with one attached hydrogen (secondary N) is 1. The maximum Gasteiger partial charge on any atom is 0.579 e. The lowest BCUT2D eigenvalue weighted by atomic mass is 9.98. The van der Waals surface area contributed by atoms with Gasteiger partial charge in [-0.15, -0.1) is 9.05 Å². The van der Waals surface area contributed by atoms with Crippen LogP contribution in [0, 0.1) is 15.5 Å². The van der Waals surface area contributed by atoms with E-state index in [0.717, 1.165) is 14.2 Å². The fourth-order valence-electron chi connectivity index (χ4n) is 2.68. The molecule has 0 aromatic carbocycles. The second-order valence-electron chi connectivity index (χ2n) is 9.93. The number of esters is 2. The second-order valence-corrected chi connectivity index (χ2v) is 12.1. The summed E-state index contributed by atoms with van der Waals surface area (Å²) in [4.78, 5) is 49.4. The topological polar surface area (TPSA) is 188 Å². The maximum absolute atomic E-state index is 12.1. The predicted molar refractivity (Wildman–Crippen MR) is 143 cm³/mol. The molecule has 1 aliphatic rings. The third kappa shape index (κ3) is 13.4. The van der Waals surface area contributed by atoms with Gasteiger partial charge >= 0.3 is 25.8 Å². The molecule has 0 bridgehead atoms. The minimum absolute atomic E-state index is 0.154. The highest BCUT2D eigenvalue weighted by Gasteiger charge is 2.48. The molecule has 14 nitrogen and oxygen atoms in total. The monoisotopic (exact) mass is 601 g/mol. The van der Waals surface area contributed by atoms with Crippen molar-refractivity contribution in [2.24, 2.45) is 10.8 Å². The Morgan fingerprint density at radius 1 is 1.00 bits per heavy atom. The van der Waals surface area contributed by atoms with E-state index in [0.29, 0.717) is 17.5 Å². The number of aromatic amines is 1. The van der Waals surface area contributed by atoms with Gasteiger partial charge in [-0.25, -0.2) is 4.79 Å². The number of aromatic nitrogens is 2. The molecule has 2 atom stereocenters. The Bertz CT molecular complexity index is 970. The molecule has 1 aliphatic heterocycles. The van der Waals surface area contributed by atoms with Crippen molar-refractivity contribution in [2.75, 3.05) is 34.4 Å². The first-order valence-corrected chi connectivity index (χ1v) is 13.8. The molecule has 226 valence electrons. The largest absolute Gasteiger partial charge is 0.579 e. The lowest BCUT2D eigenvalue weighted by Gasteiger charge is -2.20. The lowest BCUT2D eigenvalue weighted by molar-refractivity contribution is -0.165. The number of carbonyl (C=O) groups excluding carboxylic acids is 2. The fourth-order valence-corrected chi connectivity index (χ4v) is 3.78. The van der Waals surface area contributed by atoms with E-state index in [2.05, 4.69) is 4.98 Å². The first-order valence-electron chi connectivity index (χ1n) is 11.9. The predicted octanol–water partition coefficient (Wildman–Crippen LogP) is 2.61. The van der Waals surface area contributed by atoms with Crippen LogP contribution in [0.2, 0.25) is 0 Å². The van der Waals surface area contributed by atoms with Gasteiger partial charge in [0.25, 0.3) is 0 Å². The van der Waals surface area contributed by atoms with Gasteiger partial charge in [0.05, 0.1) is 16.9 Å². The highest BCUT2D eigenvalue weighted by molar-refractivity contribution is 7.71. The molecule has 2 heterocycles. The molecule has 39 heavy (non-hydrogen) atoms. The Morgan fingerprint density at radius 2 is 1.49 bits per heavy atom. The van der Waals surface area contributed by atoms with E-state index in [1.54, 1.807) is 47.6 Å². The van der Waals surface area contributed by atoms with Gasteiger partial charge in [-0.1, -0.05) is 12.2 Å². The molecule has 0 aliphatic carbocycles. The average Bonchev–Trinajstić information content (AvgIpc) is 3.33. The zero-order valence-electron chi connectivity index (χ0n) is 23.7. The summed E-state index contributed by atoms with van der Waals surface area (Å²) < 4.78 is 33.5. The van der Waals surface area contributed by atoms with Gasteiger partial charge in [0, 0.05) is 20.4 Å². The van der Waals surface area contributed by atoms with Crippen molar-refractivity contribution in [2.45, 2.75) is 66.7 Å². The molecule has 0 radical (unpaired) electrons. The van der Waals surface area contributed by atoms with Crippen LogP contribution in [0.5, 0.6) is 0 Å². The van der Waals surface area contributed by atoms with E-state index < -0.39 is 62.5 Å². The van der Waals surface area contributed by atoms with Crippen LogP contribution in [-0.2, 0) is 37.4 Å². The summed E-state index contributed by atoms with van der Waals surface area (Å²) in [6.45, 7) is 8.54. The number of carbonyl (C=O) groups is 2. The number of aliphatic hydroxyl groups excluding tert-OH is 2. The molecule has 2 rings (SSSR count). The minimum Gasteiger partial charge on any atom is -0.433 e. The van der Waals surface area contributed by atoms with Crippen molar-refractivity contribution in [3.8, 4) is 0 Å². The molecule has 1 saturated heterocycles. The Balaban J connectivity index is 0.00000344. The van der Waals surface area contributed by atoms with E-state index >= 15 is 0 Å². The summed E-state index contributed by atoms with van der Waals surface area (Å²) in [5.41, 5.74) is -1.97. The van der Waals surface area contributed by atoms with E-state index in [1.165, 1.54) is 10.8 Å². The van der Waals surface area contributed by atoms with Crippen molar-refractivity contribution >= 4 is 32.3 Å². The quantitative estimate of drug-likeness (QED) is 0.133. The summed E-state index contributed by atoms with van der Waals surface area (Å²) in [5, 5.41) is 14.0. The van der Waals surface area contributed by atoms with Gasteiger partial charge < -0.3 is 24.4 Å². The van der Waals surface area contributed by atoms with Crippen molar-refractivity contribution in [1.29, 1.82) is 0 Å². The zero-order valence-corrected chi connectivity index (χ0v) is 25.4. The van der Waals surface area contributed by atoms with Gasteiger partial charge in [0.2, 0.25) is 13.6 Å². The molecular weight excluding hydrogens is 559 g/mol. The Labute approximate surface area is 233 Å². The average molecular weight is 602 g/mol. The second kappa shape index (κ2) is 17.1. The molecular formula is C23H42N2O12PS+. The Hall–Kier alpha value is -1.81. The van der Waals surface area contributed by atoms with Crippen molar-refractivity contribution in [1.82, 2.24) is 9.55 Å². The number of nitrogens with zero attached hydrogens (tertiary/aromatic N) is 1. The molecule has 16 heteroatoms. The molecule has 4 N–H and O–H groups in total. The van der Waals surface area contributed by atoms with Crippen LogP contribution in [0.25, 0.3) is 0 Å². The van der Waals surface area contributed by atoms with Gasteiger partial charge in [0.1, 0.15) is 17.5 Å². The molecule has 1 aromatic heterocycles. The smallest absolute Gasteiger partial charge is 0.433 e. The third-order valence-electron chi connectivity index (χ3n) is 4.71. The molecule has 0 saturated carbocycles. The fraction of sp³-hybridized carbons (Fsp3) is 0.739. The Kier molecular flexibility index (Phi) is 16.3. The summed E-state index contributed by atoms with van der Waals surface area (Å²) in [5.74, 6) is -1.12. The number of aliphatic hydroxyl groups is 2. The van der Waals surface area contributed by atoms with Crippen LogP contribution < -0.4 is 5.69 Å². The minimum atomic E-state index is -4.07. The van der Waals surface area contributed by atoms with Gasteiger partial charge in [-0.3, -0.25) is 19.1 Å². The van der Waals surface area contributed by atoms with Crippen LogP contribution in [0.3, 0.4) is 0 Å². The van der Waals surface area contributed by atoms with Crippen LogP contribution in [0.1, 0.15) is 60.6 Å². The summed E-state index contributed by atoms with van der Waals surface area (Å²) in [7, 11) is -2.07. The molecule has 0 amide bonds. The van der Waals surface area contributed by atoms with Crippen LogP contribution in [0.15, 0.2) is 17.1 Å². The SMILES string of the molecule is CC(C)(C)C(=O)OCO[P+](O)(OCOC(=O)C(C)(C)C)OCC1CCC(n2ccc(=S)[nH]c2=O)O1.CO.CO. The van der Waals surface area contributed by atoms with E-state index in [1.807, 2.05) is 0 Å². The number of ether oxygens (including phenoxy) is 3.